The van der Waals surface area contributed by atoms with Crippen molar-refractivity contribution in [2.45, 2.75) is 32.2 Å². The number of rotatable bonds is 5. The summed E-state index contributed by atoms with van der Waals surface area (Å²) in [6.45, 7) is 0.660. The number of aromatic nitrogens is 2. The molecule has 7 heteroatoms. The minimum absolute atomic E-state index is 0.237. The summed E-state index contributed by atoms with van der Waals surface area (Å²) in [5.74, 6) is 1.06. The van der Waals surface area contributed by atoms with Crippen LogP contribution in [-0.2, 0) is 24.1 Å². The lowest BCUT2D eigenvalue weighted by Crippen LogP contribution is -2.11. The molecular formula is C27H27N3O4. The van der Waals surface area contributed by atoms with Crippen LogP contribution in [0, 0.1) is 0 Å². The average Bonchev–Trinajstić information content (AvgIpc) is 3.20. The standard InChI is InChI=1S/C27H27N3O4/c1-32-19-14-12-17(13-15-19)16-30-21-11-7-6-10-20(21)22-23(28)25(34-27(31)33-2)24(29-26(22)30)18-8-4-3-5-9-18/h3-5,8-9,12-15H,6-7,10-11,16H2,1-2H3,(H2,28,29). The van der Waals surface area contributed by atoms with Gasteiger partial charge in [-0.05, 0) is 48.9 Å². The van der Waals surface area contributed by atoms with E-state index in [9.17, 15) is 4.79 Å². The lowest BCUT2D eigenvalue weighted by molar-refractivity contribution is 0.122. The van der Waals surface area contributed by atoms with Gasteiger partial charge in [-0.1, -0.05) is 42.5 Å². The van der Waals surface area contributed by atoms with Gasteiger partial charge in [-0.3, -0.25) is 0 Å². The Balaban J connectivity index is 1.75. The van der Waals surface area contributed by atoms with Crippen LogP contribution in [0.4, 0.5) is 10.5 Å². The Labute approximate surface area is 198 Å². The molecule has 0 atom stereocenters. The van der Waals surface area contributed by atoms with Gasteiger partial charge in [-0.25, -0.2) is 9.78 Å². The highest BCUT2D eigenvalue weighted by Crippen LogP contribution is 2.43. The van der Waals surface area contributed by atoms with Gasteiger partial charge in [0.2, 0.25) is 0 Å². The zero-order valence-corrected chi connectivity index (χ0v) is 19.3. The van der Waals surface area contributed by atoms with E-state index in [0.29, 0.717) is 17.9 Å². The molecule has 0 unspecified atom stereocenters. The Morgan fingerprint density at radius 2 is 1.76 bits per heavy atom. The number of aryl methyl sites for hydroxylation is 1. The highest BCUT2D eigenvalue weighted by molar-refractivity contribution is 6.00. The predicted octanol–water partition coefficient (Wildman–Crippen LogP) is 5.37. The van der Waals surface area contributed by atoms with Gasteiger partial charge in [-0.15, -0.1) is 0 Å². The Bertz CT molecular complexity index is 1340. The third-order valence-corrected chi connectivity index (χ3v) is 6.39. The molecule has 5 rings (SSSR count). The number of methoxy groups -OCH3 is 2. The first-order valence-electron chi connectivity index (χ1n) is 11.4. The van der Waals surface area contributed by atoms with Gasteiger partial charge >= 0.3 is 6.16 Å². The highest BCUT2D eigenvalue weighted by atomic mass is 16.7. The van der Waals surface area contributed by atoms with Gasteiger partial charge in [0.25, 0.3) is 0 Å². The molecule has 174 valence electrons. The number of nitrogens with two attached hydrogens (primary N) is 1. The van der Waals surface area contributed by atoms with Crippen molar-refractivity contribution in [2.75, 3.05) is 20.0 Å². The minimum atomic E-state index is -0.823. The van der Waals surface area contributed by atoms with Crippen LogP contribution in [0.2, 0.25) is 0 Å². The van der Waals surface area contributed by atoms with Crippen LogP contribution in [0.1, 0.15) is 29.7 Å². The molecular weight excluding hydrogens is 430 g/mol. The Kier molecular flexibility index (Phi) is 5.84. The summed E-state index contributed by atoms with van der Waals surface area (Å²) in [5.41, 5.74) is 12.8. The molecule has 2 aromatic carbocycles. The van der Waals surface area contributed by atoms with Crippen molar-refractivity contribution in [1.82, 2.24) is 9.55 Å². The van der Waals surface area contributed by atoms with Crippen LogP contribution < -0.4 is 15.2 Å². The van der Waals surface area contributed by atoms with E-state index < -0.39 is 6.16 Å². The van der Waals surface area contributed by atoms with Crippen LogP contribution in [0.5, 0.6) is 11.5 Å². The Morgan fingerprint density at radius 3 is 2.47 bits per heavy atom. The van der Waals surface area contributed by atoms with Gasteiger partial charge < -0.3 is 24.5 Å². The number of carbonyl (C=O) groups excluding carboxylic acids is 1. The van der Waals surface area contributed by atoms with Crippen molar-refractivity contribution in [3.63, 3.8) is 0 Å². The third-order valence-electron chi connectivity index (χ3n) is 6.39. The molecule has 34 heavy (non-hydrogen) atoms. The summed E-state index contributed by atoms with van der Waals surface area (Å²) in [5, 5.41) is 0.863. The van der Waals surface area contributed by atoms with Gasteiger partial charge in [0, 0.05) is 23.2 Å². The maximum atomic E-state index is 12.1. The van der Waals surface area contributed by atoms with E-state index in [-0.39, 0.29) is 5.75 Å². The molecule has 0 radical (unpaired) electrons. The summed E-state index contributed by atoms with van der Waals surface area (Å²) in [4.78, 5) is 17.2. The molecule has 0 fully saturated rings. The normalized spacial score (nSPS) is 12.9. The number of anilines is 1. The highest BCUT2D eigenvalue weighted by Gasteiger charge is 2.28. The van der Waals surface area contributed by atoms with E-state index >= 15 is 0 Å². The molecule has 7 nitrogen and oxygen atoms in total. The third kappa shape index (κ3) is 3.83. The number of hydrogen-bond acceptors (Lipinski definition) is 6. The summed E-state index contributed by atoms with van der Waals surface area (Å²) in [6, 6.07) is 17.7. The number of pyridine rings is 1. The monoisotopic (exact) mass is 457 g/mol. The fourth-order valence-electron chi connectivity index (χ4n) is 4.76. The largest absolute Gasteiger partial charge is 0.513 e. The summed E-state index contributed by atoms with van der Waals surface area (Å²) < 4.78 is 17.9. The topological polar surface area (TPSA) is 88.6 Å². The van der Waals surface area contributed by atoms with E-state index in [1.54, 1.807) is 7.11 Å². The molecule has 2 heterocycles. The molecule has 4 aromatic rings. The smallest absolute Gasteiger partial charge is 0.497 e. The molecule has 0 bridgehead atoms. The Morgan fingerprint density at radius 1 is 1.03 bits per heavy atom. The molecule has 0 saturated carbocycles. The van der Waals surface area contributed by atoms with Crippen molar-refractivity contribution in [1.29, 1.82) is 0 Å². The number of ether oxygens (including phenoxy) is 3. The fourth-order valence-corrected chi connectivity index (χ4v) is 4.76. The van der Waals surface area contributed by atoms with Crippen LogP contribution in [0.15, 0.2) is 54.6 Å². The maximum absolute atomic E-state index is 12.1. The van der Waals surface area contributed by atoms with Gasteiger partial charge in [0.1, 0.15) is 17.1 Å². The van der Waals surface area contributed by atoms with Crippen LogP contribution >= 0.6 is 0 Å². The average molecular weight is 458 g/mol. The van der Waals surface area contributed by atoms with Crippen molar-refractivity contribution in [3.05, 3.63) is 71.4 Å². The van der Waals surface area contributed by atoms with Crippen LogP contribution in [0.3, 0.4) is 0 Å². The van der Waals surface area contributed by atoms with Crippen molar-refractivity contribution < 1.29 is 19.0 Å². The van der Waals surface area contributed by atoms with Crippen molar-refractivity contribution in [2.24, 2.45) is 0 Å². The molecule has 1 aliphatic rings. The quantitative estimate of drug-likeness (QED) is 0.406. The predicted molar refractivity (Wildman–Crippen MR) is 131 cm³/mol. The number of hydrogen-bond donors (Lipinski definition) is 1. The SMILES string of the molecule is COC(=O)Oc1c(-c2ccccc2)nc2c(c1N)c1c(n2Cc2ccc(OC)cc2)CCCC1. The first-order chi connectivity index (χ1) is 16.6. The van der Waals surface area contributed by atoms with Crippen molar-refractivity contribution >= 4 is 22.9 Å². The lowest BCUT2D eigenvalue weighted by atomic mass is 9.95. The first kappa shape index (κ1) is 21.8. The second-order valence-corrected chi connectivity index (χ2v) is 8.39. The molecule has 2 N–H and O–H groups in total. The molecule has 2 aromatic heterocycles. The minimum Gasteiger partial charge on any atom is -0.497 e. The zero-order chi connectivity index (χ0) is 23.7. The van der Waals surface area contributed by atoms with Crippen LogP contribution in [-0.4, -0.2) is 29.9 Å². The summed E-state index contributed by atoms with van der Waals surface area (Å²) in [7, 11) is 2.94. The van der Waals surface area contributed by atoms with E-state index in [1.807, 2.05) is 42.5 Å². The van der Waals surface area contributed by atoms with E-state index in [2.05, 4.69) is 16.7 Å². The molecule has 0 amide bonds. The Hall–Kier alpha value is -4.00. The van der Waals surface area contributed by atoms with Crippen molar-refractivity contribution in [3.8, 4) is 22.8 Å². The first-order valence-corrected chi connectivity index (χ1v) is 11.4. The van der Waals surface area contributed by atoms with E-state index in [0.717, 1.165) is 53.6 Å². The fraction of sp³-hybridized carbons (Fsp3) is 0.259. The summed E-state index contributed by atoms with van der Waals surface area (Å²) >= 11 is 0. The lowest BCUT2D eigenvalue weighted by Gasteiger charge is -2.16. The number of carbonyl (C=O) groups is 1. The van der Waals surface area contributed by atoms with Gasteiger partial charge in [0.15, 0.2) is 5.75 Å². The zero-order valence-electron chi connectivity index (χ0n) is 19.3. The number of benzene rings is 2. The molecule has 1 aliphatic carbocycles. The van der Waals surface area contributed by atoms with Gasteiger partial charge in [0.05, 0.1) is 19.9 Å². The molecule has 0 saturated heterocycles. The van der Waals surface area contributed by atoms with Gasteiger partial charge in [-0.2, -0.15) is 0 Å². The number of nitrogens with zero attached hydrogens (tertiary/aromatic N) is 2. The number of nitrogen functional groups attached to an aromatic ring is 1. The maximum Gasteiger partial charge on any atom is 0.513 e. The summed E-state index contributed by atoms with van der Waals surface area (Å²) in [6.07, 6.45) is 3.24. The second kappa shape index (κ2) is 9.09. The number of fused-ring (bicyclic) bond motifs is 3. The van der Waals surface area contributed by atoms with E-state index in [4.69, 9.17) is 24.9 Å². The molecule has 0 spiro atoms. The van der Waals surface area contributed by atoms with Crippen LogP contribution in [0.25, 0.3) is 22.3 Å². The molecule has 0 aliphatic heterocycles. The van der Waals surface area contributed by atoms with E-state index in [1.165, 1.54) is 18.4 Å². The second-order valence-electron chi connectivity index (χ2n) is 8.39.